The van der Waals surface area contributed by atoms with Crippen molar-refractivity contribution in [2.45, 2.75) is 31.6 Å². The molecule has 0 amide bonds. The molecule has 0 radical (unpaired) electrons. The second-order valence-electron chi connectivity index (χ2n) is 4.77. The van der Waals surface area contributed by atoms with Gasteiger partial charge in [-0.3, -0.25) is 0 Å². The summed E-state index contributed by atoms with van der Waals surface area (Å²) in [6, 6.07) is 3.43. The third-order valence-corrected chi connectivity index (χ3v) is 3.27. The van der Waals surface area contributed by atoms with Gasteiger partial charge in [-0.1, -0.05) is 6.07 Å². The maximum absolute atomic E-state index is 13.4. The van der Waals surface area contributed by atoms with E-state index in [9.17, 15) is 8.78 Å². The van der Waals surface area contributed by atoms with Gasteiger partial charge >= 0.3 is 0 Å². The van der Waals surface area contributed by atoms with Crippen molar-refractivity contribution in [1.29, 1.82) is 0 Å². The highest BCUT2D eigenvalue weighted by Gasteiger charge is 2.29. The summed E-state index contributed by atoms with van der Waals surface area (Å²) in [5, 5.41) is 0. The third-order valence-electron chi connectivity index (χ3n) is 3.27. The van der Waals surface area contributed by atoms with Crippen molar-refractivity contribution in [3.8, 4) is 0 Å². The molecule has 2 rings (SSSR count). The highest BCUT2D eigenvalue weighted by Crippen LogP contribution is 2.26. The van der Waals surface area contributed by atoms with Crippen molar-refractivity contribution in [3.05, 3.63) is 23.9 Å². The van der Waals surface area contributed by atoms with Gasteiger partial charge in [-0.25, -0.2) is 13.8 Å². The minimum absolute atomic E-state index is 0.330. The van der Waals surface area contributed by atoms with E-state index >= 15 is 0 Å². The number of pyridine rings is 1. The maximum atomic E-state index is 13.4. The molecule has 1 aliphatic rings. The van der Waals surface area contributed by atoms with Crippen LogP contribution in [0.25, 0.3) is 0 Å². The summed E-state index contributed by atoms with van der Waals surface area (Å²) in [5.74, 6) is -2.15. The molecule has 0 unspecified atom stereocenters. The van der Waals surface area contributed by atoms with Crippen LogP contribution in [-0.4, -0.2) is 30.5 Å². The van der Waals surface area contributed by atoms with E-state index in [-0.39, 0.29) is 6.42 Å². The van der Waals surface area contributed by atoms with Gasteiger partial charge in [0, 0.05) is 31.3 Å². The molecule has 5 heteroatoms. The topological polar surface area (TPSA) is 42.1 Å². The Labute approximate surface area is 106 Å². The largest absolute Gasteiger partial charge is 0.356 e. The van der Waals surface area contributed by atoms with E-state index in [0.29, 0.717) is 11.4 Å². The van der Waals surface area contributed by atoms with Crippen LogP contribution in [0.3, 0.4) is 0 Å². The third kappa shape index (κ3) is 3.16. The first-order chi connectivity index (χ1) is 8.62. The zero-order valence-corrected chi connectivity index (χ0v) is 10.4. The van der Waals surface area contributed by atoms with Crippen molar-refractivity contribution in [3.63, 3.8) is 0 Å². The van der Waals surface area contributed by atoms with Crippen molar-refractivity contribution in [2.75, 3.05) is 24.5 Å². The summed E-state index contributed by atoms with van der Waals surface area (Å²) >= 11 is 0. The van der Waals surface area contributed by atoms with E-state index in [4.69, 9.17) is 5.73 Å². The Balaban J connectivity index is 2.19. The molecule has 2 N–H and O–H groups in total. The fourth-order valence-electron chi connectivity index (χ4n) is 2.31. The molecule has 1 aliphatic heterocycles. The van der Waals surface area contributed by atoms with Crippen molar-refractivity contribution in [2.24, 2.45) is 5.73 Å². The van der Waals surface area contributed by atoms with Crippen LogP contribution in [0.4, 0.5) is 14.6 Å². The van der Waals surface area contributed by atoms with Gasteiger partial charge in [0.15, 0.2) is 0 Å². The second-order valence-corrected chi connectivity index (χ2v) is 4.77. The lowest BCUT2D eigenvalue weighted by atomic mass is 10.1. The van der Waals surface area contributed by atoms with Crippen LogP contribution >= 0.6 is 0 Å². The summed E-state index contributed by atoms with van der Waals surface area (Å²) in [7, 11) is 0. The number of nitrogens with zero attached hydrogens (tertiary/aromatic N) is 2. The fourth-order valence-corrected chi connectivity index (χ4v) is 2.31. The van der Waals surface area contributed by atoms with Gasteiger partial charge in [0.2, 0.25) is 0 Å². The Kier molecular flexibility index (Phi) is 4.11. The highest BCUT2D eigenvalue weighted by atomic mass is 19.3. The summed E-state index contributed by atoms with van der Waals surface area (Å²) in [5.41, 5.74) is 5.69. The van der Waals surface area contributed by atoms with E-state index in [1.165, 1.54) is 6.42 Å². The maximum Gasteiger partial charge on any atom is 0.264 e. The number of piperidine rings is 1. The normalized spacial score (nSPS) is 16.9. The average molecular weight is 255 g/mol. The van der Waals surface area contributed by atoms with Gasteiger partial charge in [0.1, 0.15) is 5.82 Å². The quantitative estimate of drug-likeness (QED) is 0.897. The molecule has 0 aliphatic carbocycles. The van der Waals surface area contributed by atoms with Crippen molar-refractivity contribution >= 4 is 5.82 Å². The number of hydrogen-bond donors (Lipinski definition) is 1. The Morgan fingerprint density at radius 3 is 2.67 bits per heavy atom. The molecular formula is C13H19F2N3. The first-order valence-electron chi connectivity index (χ1n) is 6.39. The van der Waals surface area contributed by atoms with Crippen molar-refractivity contribution < 1.29 is 8.78 Å². The molecular weight excluding hydrogens is 236 g/mol. The number of hydrogen-bond acceptors (Lipinski definition) is 3. The van der Waals surface area contributed by atoms with E-state index in [2.05, 4.69) is 9.88 Å². The second kappa shape index (κ2) is 5.61. The number of nitrogens with two attached hydrogens (primary N) is 1. The van der Waals surface area contributed by atoms with Gasteiger partial charge in [-0.15, -0.1) is 0 Å². The molecule has 1 saturated heterocycles. The molecule has 0 atom stereocenters. The number of rotatable bonds is 4. The van der Waals surface area contributed by atoms with Crippen LogP contribution in [0.1, 0.15) is 24.8 Å². The van der Waals surface area contributed by atoms with E-state index < -0.39 is 12.5 Å². The SMILES string of the molecule is NCC(F)(F)Cc1cccnc1N1CCCCC1. The summed E-state index contributed by atoms with van der Waals surface area (Å²) in [6.07, 6.45) is 4.74. The number of halogens is 2. The molecule has 1 aromatic rings. The van der Waals surface area contributed by atoms with Crippen molar-refractivity contribution in [1.82, 2.24) is 4.98 Å². The Morgan fingerprint density at radius 1 is 1.28 bits per heavy atom. The molecule has 0 spiro atoms. The van der Waals surface area contributed by atoms with Gasteiger partial charge in [0.05, 0.1) is 6.54 Å². The first-order valence-corrected chi connectivity index (χ1v) is 6.39. The average Bonchev–Trinajstić information content (AvgIpc) is 2.40. The smallest absolute Gasteiger partial charge is 0.264 e. The number of anilines is 1. The van der Waals surface area contributed by atoms with Gasteiger partial charge in [-0.05, 0) is 25.3 Å². The molecule has 0 saturated carbocycles. The highest BCUT2D eigenvalue weighted by molar-refractivity contribution is 5.47. The summed E-state index contributed by atoms with van der Waals surface area (Å²) in [4.78, 5) is 6.38. The van der Waals surface area contributed by atoms with Crippen LogP contribution in [0, 0.1) is 0 Å². The van der Waals surface area contributed by atoms with E-state index in [1.807, 2.05) is 0 Å². The summed E-state index contributed by atoms with van der Waals surface area (Å²) in [6.45, 7) is 1.18. The lowest BCUT2D eigenvalue weighted by Crippen LogP contribution is -2.34. The molecule has 3 nitrogen and oxygen atoms in total. The molecule has 0 bridgehead atoms. The minimum Gasteiger partial charge on any atom is -0.356 e. The number of aromatic nitrogens is 1. The fraction of sp³-hybridized carbons (Fsp3) is 0.615. The van der Waals surface area contributed by atoms with Crippen LogP contribution in [0.15, 0.2) is 18.3 Å². The lowest BCUT2D eigenvalue weighted by molar-refractivity contribution is 0.0115. The van der Waals surface area contributed by atoms with Gasteiger partial charge in [0.25, 0.3) is 5.92 Å². The zero-order valence-electron chi connectivity index (χ0n) is 10.4. The minimum atomic E-state index is -2.85. The Bertz CT molecular complexity index is 390. The van der Waals surface area contributed by atoms with E-state index in [1.54, 1.807) is 18.3 Å². The number of alkyl halides is 2. The Hall–Kier alpha value is -1.23. The van der Waals surface area contributed by atoms with Gasteiger partial charge < -0.3 is 10.6 Å². The molecule has 1 fully saturated rings. The van der Waals surface area contributed by atoms with Crippen LogP contribution in [0.2, 0.25) is 0 Å². The zero-order chi connectivity index (χ0) is 13.0. The summed E-state index contributed by atoms with van der Waals surface area (Å²) < 4.78 is 26.8. The van der Waals surface area contributed by atoms with Crippen LogP contribution < -0.4 is 10.6 Å². The van der Waals surface area contributed by atoms with Crippen LogP contribution in [-0.2, 0) is 6.42 Å². The predicted molar refractivity (Wildman–Crippen MR) is 68.0 cm³/mol. The molecule has 2 heterocycles. The van der Waals surface area contributed by atoms with Crippen LogP contribution in [0.5, 0.6) is 0 Å². The van der Waals surface area contributed by atoms with Gasteiger partial charge in [-0.2, -0.15) is 0 Å². The Morgan fingerprint density at radius 2 is 2.00 bits per heavy atom. The molecule has 1 aromatic heterocycles. The lowest BCUT2D eigenvalue weighted by Gasteiger charge is -2.30. The first kappa shape index (κ1) is 13.2. The molecule has 100 valence electrons. The van der Waals surface area contributed by atoms with E-state index in [0.717, 1.165) is 25.9 Å². The molecule has 0 aromatic carbocycles. The monoisotopic (exact) mass is 255 g/mol. The predicted octanol–water partition coefficient (Wildman–Crippen LogP) is 2.21. The molecule has 18 heavy (non-hydrogen) atoms. The standard InChI is InChI=1S/C13H19F2N3/c14-13(15,10-16)9-11-5-4-6-17-12(11)18-7-2-1-3-8-18/h4-6H,1-3,7-10,16H2.